The first-order valence-corrected chi connectivity index (χ1v) is 41.2. The van der Waals surface area contributed by atoms with Crippen molar-refractivity contribution in [1.82, 2.24) is 31.1 Å². The Hall–Kier alpha value is -13.4. The number of carbonyl (C=O) groups is 6. The van der Waals surface area contributed by atoms with Gasteiger partial charge in [0.15, 0.2) is 57.4 Å². The fourth-order valence-electron chi connectivity index (χ4n) is 15.8. The van der Waals surface area contributed by atoms with Gasteiger partial charge < -0.3 is 305 Å². The Morgan fingerprint density at radius 3 is 1.30 bits per heavy atom. The number of amides is 6. The summed E-state index contributed by atoms with van der Waals surface area (Å²) in [7, 11) is 0. The van der Waals surface area contributed by atoms with Gasteiger partial charge in [-0.2, -0.15) is 0 Å². The van der Waals surface area contributed by atoms with E-state index in [4.69, 9.17) is 33.5 Å². The molecule has 6 aromatic rings. The molecule has 4 aliphatic heterocycles. The van der Waals surface area contributed by atoms with Crippen LogP contribution in [-0.4, -0.2) is 439 Å². The van der Waals surface area contributed by atoms with Crippen molar-refractivity contribution in [3.8, 4) is 115 Å². The smallest absolute Gasteiger partial charge is 0.386 e. The standard InChI is InChI=1S/C78H96N6O65/c1-20-8-6-9-21(2)51(20)145-75(134,135)29(88)15-23(14-22-10-4-3-5-11-22)25(86)16-26(80-57(105)64(83-13-7-12-79-61(83)107)59(146-64)143-55(71(122,123)124)72(125,126)127)66(110,111)31-37(91)49(103)54(50(104)38(31)92)149-148-53-34(70(119,120)121)52(33(69(116,117)118)41(95)48(53)102)142-19-24(85)18-63(109,68(114,115)32-39(93)44(98)47(101)45(99)40(32)94)28(87)17-27(67(112,113)30-35(89)42(96)46(100)43(97)36(30)90)81-58(106)65(60(147-65)144-56(73(128,129)130)74(131,132)133)84-62(108)82-77(138,139)76(136,137)78(84,140)141/h3-6,8-11,23,25-28,55-56,59-60,86-87,89-104,109-141H,7,12-19H2,1-2H3,(H,79,107)(H,80,105)(H,81,106)(H,82,108). The number of aliphatic hydroxyl groups excluding tert-OH is 2. The number of nitrogens with zero attached hydrogens (tertiary/aromatic N) is 2. The van der Waals surface area contributed by atoms with Gasteiger partial charge in [-0.1, -0.05) is 48.5 Å². The molecular weight excluding hydrogens is 2060 g/mol. The number of aryl methyl sites for hydroxylation is 2. The number of aliphatic hydroxyl groups is 35. The van der Waals surface area contributed by atoms with Gasteiger partial charge in [0.2, 0.25) is 105 Å². The number of phenolic OH excluding ortho intramolecular Hbond substituents is 16. The van der Waals surface area contributed by atoms with E-state index in [-0.39, 0.29) is 35.4 Å². The van der Waals surface area contributed by atoms with E-state index in [9.17, 15) is 280 Å². The highest BCUT2D eigenvalue weighted by Gasteiger charge is 2.84. The van der Waals surface area contributed by atoms with Crippen LogP contribution < -0.4 is 40.5 Å². The minimum atomic E-state index is -5.55. The summed E-state index contributed by atoms with van der Waals surface area (Å²) in [5.41, 5.74) is -25.6. The van der Waals surface area contributed by atoms with Gasteiger partial charge in [0.05, 0.1) is 24.3 Å². The van der Waals surface area contributed by atoms with Gasteiger partial charge in [0.25, 0.3) is 29.0 Å². The van der Waals surface area contributed by atoms with Crippen LogP contribution in [0, 0.1) is 19.8 Å². The number of aromatic hydroxyl groups is 16. The summed E-state index contributed by atoms with van der Waals surface area (Å²) in [5.74, 6) is -122. The molecule has 55 N–H and O–H groups in total. The van der Waals surface area contributed by atoms with Crippen LogP contribution in [0.3, 0.4) is 0 Å². The molecule has 10 unspecified atom stereocenters. The second-order valence-electron chi connectivity index (χ2n) is 34.1. The molecule has 4 aliphatic rings. The number of ketones is 2. The van der Waals surface area contributed by atoms with E-state index in [1.54, 1.807) is 5.32 Å². The van der Waals surface area contributed by atoms with Crippen molar-refractivity contribution < 1.29 is 327 Å². The molecule has 4 fully saturated rings. The minimum Gasteiger partial charge on any atom is -0.504 e. The zero-order valence-electron chi connectivity index (χ0n) is 74.6. The Morgan fingerprint density at radius 1 is 0.463 bits per heavy atom. The number of phenols is 16. The van der Waals surface area contributed by atoms with Crippen molar-refractivity contribution in [2.45, 2.75) is 195 Å². The van der Waals surface area contributed by atoms with Gasteiger partial charge in [0.1, 0.15) is 40.2 Å². The van der Waals surface area contributed by atoms with Crippen LogP contribution in [0.2, 0.25) is 0 Å². The summed E-state index contributed by atoms with van der Waals surface area (Å²) in [6, 6.07) is -0.568. The van der Waals surface area contributed by atoms with E-state index >= 15 is 9.59 Å². The van der Waals surface area contributed by atoms with Crippen molar-refractivity contribution in [1.29, 1.82) is 0 Å². The zero-order valence-corrected chi connectivity index (χ0v) is 74.6. The predicted octanol–water partition coefficient (Wildman–Crippen LogP) is -20.2. The number of epoxide rings is 2. The van der Waals surface area contributed by atoms with E-state index in [2.05, 4.69) is 10.1 Å². The van der Waals surface area contributed by atoms with Crippen LogP contribution in [0.4, 0.5) is 9.59 Å². The quantitative estimate of drug-likeness (QED) is 0.00422. The van der Waals surface area contributed by atoms with Gasteiger partial charge in [-0.05, 0) is 55.7 Å². The molecule has 71 nitrogen and oxygen atoms in total. The van der Waals surface area contributed by atoms with E-state index in [1.807, 2.05) is 0 Å². The number of urea groups is 2. The van der Waals surface area contributed by atoms with Crippen molar-refractivity contribution in [2.24, 2.45) is 5.92 Å². The fourth-order valence-corrected chi connectivity index (χ4v) is 15.8. The molecule has 0 bridgehead atoms. The van der Waals surface area contributed by atoms with Crippen molar-refractivity contribution >= 4 is 35.4 Å². The van der Waals surface area contributed by atoms with E-state index in [0.29, 0.717) is 10.2 Å². The first kappa shape index (κ1) is 117. The summed E-state index contributed by atoms with van der Waals surface area (Å²) in [6.07, 6.45) is -31.0. The number of nitrogens with one attached hydrogen (secondary N) is 4. The highest BCUT2D eigenvalue weighted by atomic mass is 17.2. The Bertz CT molecular complexity index is 6000. The number of benzene rings is 6. The zero-order chi connectivity index (χ0) is 113. The Morgan fingerprint density at radius 2 is 0.859 bits per heavy atom. The average Bonchev–Trinajstić information content (AvgIpc) is 1.52. The SMILES string of the molecule is Cc1cccc(C)c1OC(O)(O)C(=O)CC(Cc1ccccc1)C(O)CC(NC(=O)C1(N2CCCNC2=O)OC1OC(C(O)(O)O)C(O)(O)O)C(O)(O)c1c(O)c(O)c(OOc2c(O)c(O)c(C(O)(O)O)c(OCC(=O)CC(O)(C(O)CC(NC(=O)C3(N4C(=O)NC(O)(O)C(O)(O)C4(O)O)OC3OC(C(O)(O)O)C(O)(O)O)C(O)(O)c3c(O)c(O)c(O)c(O)c3O)C(O)(O)c3c(O)c(O)c(O)c(O)c3O)c2C(O)(O)O)c(O)c1O. The average molecular weight is 2160 g/mol. The van der Waals surface area contributed by atoms with E-state index in [1.165, 1.54) is 62.4 Å². The Balaban J connectivity index is 1.09. The molecule has 6 amide bonds. The highest BCUT2D eigenvalue weighted by molar-refractivity contribution is 5.95. The second kappa shape index (κ2) is 39.5. The first-order chi connectivity index (χ1) is 67.6. The molecule has 149 heavy (non-hydrogen) atoms. The number of hydrogen-bond donors (Lipinski definition) is 55. The molecule has 0 saturated carbocycles. The molecule has 0 aliphatic carbocycles. The summed E-state index contributed by atoms with van der Waals surface area (Å²) in [4.78, 5) is 95.1. The van der Waals surface area contributed by atoms with Crippen LogP contribution in [0.25, 0.3) is 0 Å². The maximum absolute atomic E-state index is 15.2. The van der Waals surface area contributed by atoms with E-state index in [0.717, 1.165) is 5.32 Å². The van der Waals surface area contributed by atoms with Gasteiger partial charge in [-0.3, -0.25) is 39.2 Å². The summed E-state index contributed by atoms with van der Waals surface area (Å²) in [5, 5.41) is 568. The van der Waals surface area contributed by atoms with E-state index < -0.39 is 371 Å². The largest absolute Gasteiger partial charge is 0.504 e. The van der Waals surface area contributed by atoms with Crippen LogP contribution in [0.5, 0.6) is 115 Å². The molecule has 0 spiro atoms. The molecule has 10 atom stereocenters. The first-order valence-electron chi connectivity index (χ1n) is 41.2. The minimum absolute atomic E-state index is 0.107. The monoisotopic (exact) mass is 2160 g/mol. The maximum atomic E-state index is 15.2. The maximum Gasteiger partial charge on any atom is 0.386 e. The fraction of sp³-hybridized carbons (Fsp3) is 0.462. The lowest BCUT2D eigenvalue weighted by Crippen LogP contribution is -2.87. The van der Waals surface area contributed by atoms with Crippen molar-refractivity contribution in [3.05, 3.63) is 93.0 Å². The molecule has 4 heterocycles. The number of para-hydroxylation sites is 1. The lowest BCUT2D eigenvalue weighted by Gasteiger charge is -2.52. The van der Waals surface area contributed by atoms with Crippen LogP contribution in [-0.2, 0) is 73.9 Å². The summed E-state index contributed by atoms with van der Waals surface area (Å²) in [6.45, 7) is -0.886. The summed E-state index contributed by atoms with van der Waals surface area (Å²) >= 11 is 0. The number of ether oxygens (including phenoxy) is 6. The highest BCUT2D eigenvalue weighted by Crippen LogP contribution is 2.62. The lowest BCUT2D eigenvalue weighted by molar-refractivity contribution is -0.499. The topological polar surface area (TPSA) is 1270 Å². The molecule has 71 heteroatoms. The Labute approximate surface area is 820 Å². The van der Waals surface area contributed by atoms with Gasteiger partial charge in [-0.25, -0.2) is 14.5 Å². The molecule has 0 aromatic heterocycles. The molecule has 4 saturated heterocycles. The number of rotatable bonds is 43. The van der Waals surface area contributed by atoms with Crippen molar-refractivity contribution in [2.75, 3.05) is 19.7 Å². The van der Waals surface area contributed by atoms with Gasteiger partial charge in [0, 0.05) is 32.4 Å². The molecule has 10 rings (SSSR count). The third-order valence-corrected chi connectivity index (χ3v) is 23.5. The number of Topliss-reactive ketones (excluding diaryl/α,β-unsaturated/α-hetero) is 2. The number of carbonyl (C=O) groups excluding carboxylic acids is 6. The molecule has 0 radical (unpaired) electrons. The predicted molar refractivity (Wildman–Crippen MR) is 440 cm³/mol. The molecule has 6 aromatic carbocycles. The molecule has 828 valence electrons. The van der Waals surface area contributed by atoms with Gasteiger partial charge >= 0.3 is 71.5 Å². The van der Waals surface area contributed by atoms with Crippen LogP contribution in [0.15, 0.2) is 48.5 Å². The molecular formula is C78H96N6O65. The lowest BCUT2D eigenvalue weighted by atomic mass is 9.75. The Kier molecular flexibility index (Phi) is 31.1. The van der Waals surface area contributed by atoms with Crippen LogP contribution in [0.1, 0.15) is 76.6 Å². The second-order valence-corrected chi connectivity index (χ2v) is 34.1. The van der Waals surface area contributed by atoms with Crippen LogP contribution >= 0.6 is 0 Å². The third-order valence-electron chi connectivity index (χ3n) is 23.5. The summed E-state index contributed by atoms with van der Waals surface area (Å²) < 4.78 is 29.9. The number of hydrogen-bond acceptors (Lipinski definition) is 65. The normalized spacial score (nSPS) is 20.3. The van der Waals surface area contributed by atoms with Crippen molar-refractivity contribution in [3.63, 3.8) is 0 Å². The third kappa shape index (κ3) is 21.3. The van der Waals surface area contributed by atoms with Gasteiger partial charge in [-0.15, -0.1) is 0 Å².